The smallest absolute Gasteiger partial charge is 0.0541 e. The molecule has 14 heavy (non-hydrogen) atoms. The molecule has 0 unspecified atom stereocenters. The van der Waals surface area contributed by atoms with Crippen molar-refractivity contribution >= 4 is 36.0 Å². The molecule has 1 saturated carbocycles. The summed E-state index contributed by atoms with van der Waals surface area (Å²) >= 11 is 12.3. The van der Waals surface area contributed by atoms with Gasteiger partial charge >= 0.3 is 0 Å². The van der Waals surface area contributed by atoms with Crippen LogP contribution in [0.25, 0.3) is 0 Å². The highest BCUT2D eigenvalue weighted by Gasteiger charge is 2.40. The zero-order chi connectivity index (χ0) is 10.0. The molecule has 0 amide bonds. The van der Waals surface area contributed by atoms with Crippen molar-refractivity contribution in [2.75, 3.05) is 11.5 Å². The van der Waals surface area contributed by atoms with Gasteiger partial charge < -0.3 is 0 Å². The summed E-state index contributed by atoms with van der Waals surface area (Å²) in [4.78, 5) is 1.20. The van der Waals surface area contributed by atoms with E-state index in [-0.39, 0.29) is 0 Å². The maximum Gasteiger partial charge on any atom is 0.0541 e. The van der Waals surface area contributed by atoms with Crippen LogP contribution < -0.4 is 0 Å². The zero-order valence-corrected chi connectivity index (χ0v) is 10.3. The molecule has 76 valence electrons. The lowest BCUT2D eigenvalue weighted by molar-refractivity contribution is 0.683. The molecule has 0 heterocycles. The molecule has 0 N–H and O–H groups in total. The molecule has 0 bridgehead atoms. The summed E-state index contributed by atoms with van der Waals surface area (Å²) in [6.45, 7) is 0. The lowest BCUT2D eigenvalue weighted by Gasteiger charge is -2.11. The van der Waals surface area contributed by atoms with E-state index in [9.17, 15) is 0 Å². The molecule has 1 aliphatic rings. The Morgan fingerprint density at radius 3 is 2.64 bits per heavy atom. The quantitative estimate of drug-likeness (QED) is 0.614. The summed E-state index contributed by atoms with van der Waals surface area (Å²) in [5.74, 6) is 2.16. The molecule has 0 nitrogen and oxygen atoms in total. The molecule has 0 radical (unpaired) electrons. The standard InChI is InChI=1S/C11H13ClS2/c12-9-3-1-2-4-10(9)14-8-11(7-13)5-6-11/h1-4,13H,5-8H2. The molecule has 0 atom stereocenters. The second-order valence-electron chi connectivity index (χ2n) is 3.88. The monoisotopic (exact) mass is 244 g/mol. The predicted octanol–water partition coefficient (Wildman–Crippen LogP) is 4.14. The number of hydrogen-bond acceptors (Lipinski definition) is 2. The number of hydrogen-bond donors (Lipinski definition) is 1. The van der Waals surface area contributed by atoms with Gasteiger partial charge in [-0.25, -0.2) is 0 Å². The van der Waals surface area contributed by atoms with Gasteiger partial charge in [0, 0.05) is 10.6 Å². The summed E-state index contributed by atoms with van der Waals surface area (Å²) in [5.41, 5.74) is 0.507. The Hall–Kier alpha value is 0.210. The third-order valence-corrected chi connectivity index (χ3v) is 5.20. The van der Waals surface area contributed by atoms with Crippen molar-refractivity contribution in [1.29, 1.82) is 0 Å². The Morgan fingerprint density at radius 1 is 1.36 bits per heavy atom. The SMILES string of the molecule is SCC1(CSc2ccccc2Cl)CC1. The van der Waals surface area contributed by atoms with Crippen molar-refractivity contribution in [2.24, 2.45) is 5.41 Å². The second kappa shape index (κ2) is 4.38. The fourth-order valence-electron chi connectivity index (χ4n) is 1.32. The summed E-state index contributed by atoms with van der Waals surface area (Å²) in [7, 11) is 0. The number of thioether (sulfide) groups is 1. The lowest BCUT2D eigenvalue weighted by Crippen LogP contribution is -2.05. The first kappa shape index (κ1) is 10.7. The number of benzene rings is 1. The highest BCUT2D eigenvalue weighted by Crippen LogP contribution is 2.50. The Kier molecular flexibility index (Phi) is 3.35. The molecule has 0 saturated heterocycles. The average Bonchev–Trinajstić information content (AvgIpc) is 2.98. The maximum absolute atomic E-state index is 6.08. The molecule has 2 rings (SSSR count). The molecular formula is C11H13ClS2. The van der Waals surface area contributed by atoms with E-state index in [0.29, 0.717) is 5.41 Å². The lowest BCUT2D eigenvalue weighted by atomic mass is 10.2. The molecular weight excluding hydrogens is 232 g/mol. The third-order valence-electron chi connectivity index (χ3n) is 2.66. The van der Waals surface area contributed by atoms with Gasteiger partial charge in [-0.05, 0) is 36.1 Å². The summed E-state index contributed by atoms with van der Waals surface area (Å²) in [6, 6.07) is 8.04. The van der Waals surface area contributed by atoms with Crippen LogP contribution in [0.1, 0.15) is 12.8 Å². The first-order valence-corrected chi connectivity index (χ1v) is 6.74. The third kappa shape index (κ3) is 2.41. The fourth-order valence-corrected chi connectivity index (χ4v) is 3.43. The van der Waals surface area contributed by atoms with Crippen molar-refractivity contribution in [3.05, 3.63) is 29.3 Å². The van der Waals surface area contributed by atoms with Gasteiger partial charge in [0.15, 0.2) is 0 Å². The van der Waals surface area contributed by atoms with E-state index >= 15 is 0 Å². The van der Waals surface area contributed by atoms with Crippen LogP contribution in [-0.2, 0) is 0 Å². The molecule has 1 aromatic rings. The van der Waals surface area contributed by atoms with Gasteiger partial charge in [-0.15, -0.1) is 11.8 Å². The van der Waals surface area contributed by atoms with E-state index in [1.54, 1.807) is 0 Å². The van der Waals surface area contributed by atoms with Gasteiger partial charge in [-0.1, -0.05) is 23.7 Å². The van der Waals surface area contributed by atoms with E-state index in [2.05, 4.69) is 18.7 Å². The Morgan fingerprint density at radius 2 is 2.07 bits per heavy atom. The van der Waals surface area contributed by atoms with E-state index in [0.717, 1.165) is 16.5 Å². The molecule has 0 aromatic heterocycles. The van der Waals surface area contributed by atoms with Crippen LogP contribution in [-0.4, -0.2) is 11.5 Å². The molecule has 3 heteroatoms. The van der Waals surface area contributed by atoms with E-state index in [1.807, 2.05) is 30.0 Å². The van der Waals surface area contributed by atoms with Gasteiger partial charge in [-0.3, -0.25) is 0 Å². The van der Waals surface area contributed by atoms with Crippen LogP contribution in [0.3, 0.4) is 0 Å². The van der Waals surface area contributed by atoms with E-state index in [1.165, 1.54) is 17.7 Å². The van der Waals surface area contributed by atoms with Gasteiger partial charge in [0.25, 0.3) is 0 Å². The van der Waals surface area contributed by atoms with Gasteiger partial charge in [-0.2, -0.15) is 12.6 Å². The van der Waals surface area contributed by atoms with Crippen LogP contribution in [0.15, 0.2) is 29.2 Å². The first-order chi connectivity index (χ1) is 6.76. The minimum absolute atomic E-state index is 0.507. The van der Waals surface area contributed by atoms with Crippen LogP contribution >= 0.6 is 36.0 Å². The van der Waals surface area contributed by atoms with Crippen LogP contribution in [0.5, 0.6) is 0 Å². The molecule has 1 aromatic carbocycles. The Balaban J connectivity index is 1.95. The summed E-state index contributed by atoms with van der Waals surface area (Å²) < 4.78 is 0. The van der Waals surface area contributed by atoms with Gasteiger partial charge in [0.2, 0.25) is 0 Å². The summed E-state index contributed by atoms with van der Waals surface area (Å²) in [5, 5.41) is 0.868. The molecule has 0 aliphatic heterocycles. The van der Waals surface area contributed by atoms with E-state index in [4.69, 9.17) is 11.6 Å². The van der Waals surface area contributed by atoms with Crippen molar-refractivity contribution in [3.63, 3.8) is 0 Å². The van der Waals surface area contributed by atoms with Crippen LogP contribution in [0.4, 0.5) is 0 Å². The highest BCUT2D eigenvalue weighted by atomic mass is 35.5. The zero-order valence-electron chi connectivity index (χ0n) is 7.87. The topological polar surface area (TPSA) is 0 Å². The van der Waals surface area contributed by atoms with Crippen LogP contribution in [0.2, 0.25) is 5.02 Å². The summed E-state index contributed by atoms with van der Waals surface area (Å²) in [6.07, 6.45) is 2.65. The predicted molar refractivity (Wildman–Crippen MR) is 67.7 cm³/mol. The van der Waals surface area contributed by atoms with Crippen molar-refractivity contribution in [2.45, 2.75) is 17.7 Å². The number of halogens is 1. The van der Waals surface area contributed by atoms with Crippen molar-refractivity contribution in [3.8, 4) is 0 Å². The Bertz CT molecular complexity index is 321. The number of rotatable bonds is 4. The van der Waals surface area contributed by atoms with Crippen molar-refractivity contribution in [1.82, 2.24) is 0 Å². The van der Waals surface area contributed by atoms with Gasteiger partial charge in [0.05, 0.1) is 5.02 Å². The van der Waals surface area contributed by atoms with Crippen LogP contribution in [0, 0.1) is 5.41 Å². The number of thiol groups is 1. The Labute approximate surface area is 99.8 Å². The molecule has 1 aliphatic carbocycles. The maximum atomic E-state index is 6.08. The largest absolute Gasteiger partial charge is 0.179 e. The minimum atomic E-state index is 0.507. The normalized spacial score (nSPS) is 18.1. The fraction of sp³-hybridized carbons (Fsp3) is 0.455. The first-order valence-electron chi connectivity index (χ1n) is 4.74. The average molecular weight is 245 g/mol. The van der Waals surface area contributed by atoms with Crippen molar-refractivity contribution < 1.29 is 0 Å². The molecule has 1 fully saturated rings. The minimum Gasteiger partial charge on any atom is -0.179 e. The molecule has 0 spiro atoms. The second-order valence-corrected chi connectivity index (χ2v) is 5.62. The highest BCUT2D eigenvalue weighted by molar-refractivity contribution is 7.99. The van der Waals surface area contributed by atoms with Gasteiger partial charge in [0.1, 0.15) is 0 Å². The van der Waals surface area contributed by atoms with E-state index < -0.39 is 0 Å².